The van der Waals surface area contributed by atoms with Gasteiger partial charge in [0.1, 0.15) is 11.9 Å². The smallest absolute Gasteiger partial charge is 0.252 e. The normalized spacial score (nSPS) is 21.1. The first-order chi connectivity index (χ1) is 10.8. The summed E-state index contributed by atoms with van der Waals surface area (Å²) in [6.45, 7) is 2.11. The van der Waals surface area contributed by atoms with E-state index in [-0.39, 0.29) is 12.0 Å². The van der Waals surface area contributed by atoms with Gasteiger partial charge in [-0.25, -0.2) is 0 Å². The lowest BCUT2D eigenvalue weighted by molar-refractivity contribution is -0.141. The lowest BCUT2D eigenvalue weighted by Gasteiger charge is -2.29. The molecule has 1 aromatic carbocycles. The number of hydrogen-bond donors (Lipinski definition) is 1. The second-order valence-corrected chi connectivity index (χ2v) is 5.98. The molecule has 0 saturated carbocycles. The molecule has 1 amide bonds. The van der Waals surface area contributed by atoms with E-state index in [1.54, 1.807) is 7.11 Å². The highest BCUT2D eigenvalue weighted by Crippen LogP contribution is 2.33. The first-order valence-electron chi connectivity index (χ1n) is 7.84. The van der Waals surface area contributed by atoms with Crippen molar-refractivity contribution in [1.29, 1.82) is 0 Å². The molecule has 1 atom stereocenters. The number of amides is 1. The standard InChI is InChI=1S/C17H20N2O3/c1-21-14-5-2-4-11-12-10-19(8-7-13(12)18-16(11)14)17(20)15-6-3-9-22-15/h2,4-5,15,18H,3,6-10H2,1H3. The highest BCUT2D eigenvalue weighted by molar-refractivity contribution is 5.90. The van der Waals surface area contributed by atoms with E-state index in [1.165, 1.54) is 11.3 Å². The summed E-state index contributed by atoms with van der Waals surface area (Å²) >= 11 is 0. The molecule has 3 heterocycles. The van der Waals surface area contributed by atoms with Crippen molar-refractivity contribution in [3.05, 3.63) is 29.5 Å². The Morgan fingerprint density at radius 1 is 1.45 bits per heavy atom. The summed E-state index contributed by atoms with van der Waals surface area (Å²) in [5, 5.41) is 1.15. The second kappa shape index (κ2) is 5.32. The minimum atomic E-state index is -0.235. The molecule has 22 heavy (non-hydrogen) atoms. The molecular formula is C17H20N2O3. The third-order valence-corrected chi connectivity index (χ3v) is 4.71. The van der Waals surface area contributed by atoms with Crippen molar-refractivity contribution >= 4 is 16.8 Å². The van der Waals surface area contributed by atoms with E-state index in [0.717, 1.165) is 42.5 Å². The van der Waals surface area contributed by atoms with Crippen LogP contribution in [0.3, 0.4) is 0 Å². The molecule has 2 aliphatic rings. The first kappa shape index (κ1) is 13.6. The molecule has 1 aromatic heterocycles. The van der Waals surface area contributed by atoms with Crippen LogP contribution in [0.4, 0.5) is 0 Å². The Labute approximate surface area is 129 Å². The van der Waals surface area contributed by atoms with Crippen LogP contribution in [0.1, 0.15) is 24.1 Å². The lowest BCUT2D eigenvalue weighted by Crippen LogP contribution is -2.41. The number of aromatic nitrogens is 1. The summed E-state index contributed by atoms with van der Waals surface area (Å²) in [6, 6.07) is 6.04. The minimum absolute atomic E-state index is 0.139. The lowest BCUT2D eigenvalue weighted by atomic mass is 10.0. The van der Waals surface area contributed by atoms with Crippen LogP contribution in [0, 0.1) is 0 Å². The number of aromatic amines is 1. The van der Waals surface area contributed by atoms with E-state index in [2.05, 4.69) is 11.1 Å². The van der Waals surface area contributed by atoms with Crippen molar-refractivity contribution in [3.63, 3.8) is 0 Å². The minimum Gasteiger partial charge on any atom is -0.495 e. The summed E-state index contributed by atoms with van der Waals surface area (Å²) < 4.78 is 11.0. The largest absolute Gasteiger partial charge is 0.495 e. The quantitative estimate of drug-likeness (QED) is 0.925. The Kier molecular flexibility index (Phi) is 3.30. The van der Waals surface area contributed by atoms with Crippen LogP contribution in [0.15, 0.2) is 18.2 Å². The summed E-state index contributed by atoms with van der Waals surface area (Å²) in [5.41, 5.74) is 3.46. The van der Waals surface area contributed by atoms with Crippen LogP contribution in [0.25, 0.3) is 10.9 Å². The van der Waals surface area contributed by atoms with Crippen LogP contribution in [-0.4, -0.2) is 42.2 Å². The molecule has 4 rings (SSSR count). The predicted octanol–water partition coefficient (Wildman–Crippen LogP) is 2.24. The van der Waals surface area contributed by atoms with Crippen molar-refractivity contribution in [3.8, 4) is 5.75 Å². The van der Waals surface area contributed by atoms with Crippen LogP contribution in [0.2, 0.25) is 0 Å². The fraction of sp³-hybridized carbons (Fsp3) is 0.471. The molecule has 1 unspecified atom stereocenters. The monoisotopic (exact) mass is 300 g/mol. The molecule has 1 fully saturated rings. The van der Waals surface area contributed by atoms with Crippen LogP contribution in [-0.2, 0) is 22.5 Å². The van der Waals surface area contributed by atoms with Gasteiger partial charge in [-0.15, -0.1) is 0 Å². The number of hydrogen-bond acceptors (Lipinski definition) is 3. The molecule has 1 N–H and O–H groups in total. The van der Waals surface area contributed by atoms with Gasteiger partial charge in [0, 0.05) is 42.8 Å². The molecule has 2 aromatic rings. The molecule has 0 radical (unpaired) electrons. The molecule has 1 saturated heterocycles. The molecule has 0 bridgehead atoms. The average Bonchev–Trinajstić information content (AvgIpc) is 3.20. The number of ether oxygens (including phenoxy) is 2. The fourth-order valence-electron chi connectivity index (χ4n) is 3.55. The van der Waals surface area contributed by atoms with Gasteiger partial charge in [-0.2, -0.15) is 0 Å². The van der Waals surface area contributed by atoms with Crippen molar-refractivity contribution in [2.45, 2.75) is 31.9 Å². The molecule has 5 nitrogen and oxygen atoms in total. The van der Waals surface area contributed by atoms with Crippen molar-refractivity contribution in [2.24, 2.45) is 0 Å². The van der Waals surface area contributed by atoms with E-state index in [0.29, 0.717) is 13.2 Å². The number of carbonyl (C=O) groups is 1. The Bertz CT molecular complexity index is 716. The number of H-pyrrole nitrogens is 1. The Hall–Kier alpha value is -2.01. The van der Waals surface area contributed by atoms with Gasteiger partial charge >= 0.3 is 0 Å². The molecule has 0 aliphatic carbocycles. The summed E-state index contributed by atoms with van der Waals surface area (Å²) in [6.07, 6.45) is 2.45. The number of rotatable bonds is 2. The van der Waals surface area contributed by atoms with Crippen LogP contribution >= 0.6 is 0 Å². The zero-order valence-electron chi connectivity index (χ0n) is 12.7. The van der Waals surface area contributed by atoms with Gasteiger partial charge in [-0.3, -0.25) is 4.79 Å². The molecule has 2 aliphatic heterocycles. The van der Waals surface area contributed by atoms with Gasteiger partial charge in [0.2, 0.25) is 0 Å². The van der Waals surface area contributed by atoms with E-state index in [4.69, 9.17) is 9.47 Å². The van der Waals surface area contributed by atoms with E-state index < -0.39 is 0 Å². The number of nitrogens with zero attached hydrogens (tertiary/aromatic N) is 1. The molecule has 116 valence electrons. The zero-order chi connectivity index (χ0) is 15.1. The van der Waals surface area contributed by atoms with Crippen LogP contribution < -0.4 is 4.74 Å². The maximum Gasteiger partial charge on any atom is 0.252 e. The summed E-state index contributed by atoms with van der Waals surface area (Å²) in [4.78, 5) is 18.0. The van der Waals surface area contributed by atoms with Gasteiger partial charge in [-0.05, 0) is 18.9 Å². The number of nitrogens with one attached hydrogen (secondary N) is 1. The zero-order valence-corrected chi connectivity index (χ0v) is 12.7. The number of carbonyl (C=O) groups excluding carboxylic acids is 1. The van der Waals surface area contributed by atoms with E-state index in [1.807, 2.05) is 17.0 Å². The van der Waals surface area contributed by atoms with Gasteiger partial charge in [0.15, 0.2) is 0 Å². The molecular weight excluding hydrogens is 280 g/mol. The number of para-hydroxylation sites is 1. The van der Waals surface area contributed by atoms with Crippen molar-refractivity contribution < 1.29 is 14.3 Å². The van der Waals surface area contributed by atoms with Crippen molar-refractivity contribution in [2.75, 3.05) is 20.3 Å². The topological polar surface area (TPSA) is 54.6 Å². The van der Waals surface area contributed by atoms with Crippen LogP contribution in [0.5, 0.6) is 5.75 Å². The Balaban J connectivity index is 1.66. The fourth-order valence-corrected chi connectivity index (χ4v) is 3.55. The van der Waals surface area contributed by atoms with Crippen molar-refractivity contribution in [1.82, 2.24) is 9.88 Å². The number of benzene rings is 1. The average molecular weight is 300 g/mol. The maximum absolute atomic E-state index is 12.6. The third kappa shape index (κ3) is 2.08. The van der Waals surface area contributed by atoms with Gasteiger partial charge < -0.3 is 19.4 Å². The number of methoxy groups -OCH3 is 1. The summed E-state index contributed by atoms with van der Waals surface area (Å²) in [5.74, 6) is 0.990. The van der Waals surface area contributed by atoms with E-state index in [9.17, 15) is 4.79 Å². The SMILES string of the molecule is COc1cccc2c3c([nH]c12)CCN(C(=O)C1CCCO1)C3. The predicted molar refractivity (Wildman–Crippen MR) is 82.9 cm³/mol. The maximum atomic E-state index is 12.6. The molecule has 0 spiro atoms. The van der Waals surface area contributed by atoms with Gasteiger partial charge in [0.25, 0.3) is 5.91 Å². The van der Waals surface area contributed by atoms with Gasteiger partial charge in [0.05, 0.1) is 12.6 Å². The number of fused-ring (bicyclic) bond motifs is 3. The summed E-state index contributed by atoms with van der Waals surface area (Å²) in [7, 11) is 1.68. The molecule has 5 heteroatoms. The Morgan fingerprint density at radius 3 is 3.14 bits per heavy atom. The highest BCUT2D eigenvalue weighted by Gasteiger charge is 2.31. The second-order valence-electron chi connectivity index (χ2n) is 5.98. The Morgan fingerprint density at radius 2 is 2.36 bits per heavy atom. The van der Waals surface area contributed by atoms with E-state index >= 15 is 0 Å². The van der Waals surface area contributed by atoms with Gasteiger partial charge in [-0.1, -0.05) is 12.1 Å². The first-order valence-corrected chi connectivity index (χ1v) is 7.84. The third-order valence-electron chi connectivity index (χ3n) is 4.71. The highest BCUT2D eigenvalue weighted by atomic mass is 16.5.